The molecule has 3 aromatic heterocycles. The Morgan fingerprint density at radius 3 is 2.57 bits per heavy atom. The van der Waals surface area contributed by atoms with Gasteiger partial charge in [0.15, 0.2) is 0 Å². The van der Waals surface area contributed by atoms with Crippen molar-refractivity contribution >= 4 is 17.0 Å². The van der Waals surface area contributed by atoms with Crippen LogP contribution in [0.3, 0.4) is 0 Å². The van der Waals surface area contributed by atoms with E-state index in [-0.39, 0.29) is 25.0 Å². The van der Waals surface area contributed by atoms with Gasteiger partial charge < -0.3 is 14.2 Å². The molecule has 3 heterocycles. The number of carbonyl (C=O) groups excluding carboxylic acids is 1. The van der Waals surface area contributed by atoms with E-state index >= 15 is 0 Å². The molecule has 0 atom stereocenters. The third kappa shape index (κ3) is 5.62. The van der Waals surface area contributed by atoms with Gasteiger partial charge in [0.2, 0.25) is 0 Å². The molecule has 11 nitrogen and oxygen atoms in total. The number of hydrogen-bond acceptors (Lipinski definition) is 9. The number of esters is 1. The first-order valence-electron chi connectivity index (χ1n) is 11.0. The summed E-state index contributed by atoms with van der Waals surface area (Å²) >= 11 is 0. The number of imidazole rings is 1. The van der Waals surface area contributed by atoms with Gasteiger partial charge in [0.25, 0.3) is 5.95 Å². The molecule has 0 aliphatic heterocycles. The summed E-state index contributed by atoms with van der Waals surface area (Å²) in [6, 6.07) is 11.2. The van der Waals surface area contributed by atoms with Crippen molar-refractivity contribution in [3.05, 3.63) is 60.4 Å². The zero-order valence-corrected chi connectivity index (χ0v) is 20.1. The van der Waals surface area contributed by atoms with Gasteiger partial charge in [-0.1, -0.05) is 29.9 Å². The van der Waals surface area contributed by atoms with Crippen LogP contribution in [0.2, 0.25) is 0 Å². The molecule has 182 valence electrons. The van der Waals surface area contributed by atoms with E-state index in [9.17, 15) is 4.79 Å². The number of benzene rings is 1. The summed E-state index contributed by atoms with van der Waals surface area (Å²) in [5.74, 6) is 0.667. The fraction of sp³-hybridized carbons (Fsp3) is 0.333. The van der Waals surface area contributed by atoms with Gasteiger partial charge in [-0.2, -0.15) is 4.98 Å². The Morgan fingerprint density at radius 2 is 1.86 bits per heavy atom. The van der Waals surface area contributed by atoms with Crippen molar-refractivity contribution in [1.82, 2.24) is 34.7 Å². The van der Waals surface area contributed by atoms with Crippen molar-refractivity contribution in [2.24, 2.45) is 7.05 Å². The molecule has 0 saturated carbocycles. The van der Waals surface area contributed by atoms with E-state index in [1.807, 2.05) is 51.1 Å². The summed E-state index contributed by atoms with van der Waals surface area (Å²) in [7, 11) is 1.73. The number of aryl methyl sites for hydroxylation is 1. The maximum atomic E-state index is 12.2. The fourth-order valence-corrected chi connectivity index (χ4v) is 3.39. The predicted molar refractivity (Wildman–Crippen MR) is 127 cm³/mol. The number of aromatic nitrogens is 7. The van der Waals surface area contributed by atoms with Crippen molar-refractivity contribution in [1.29, 1.82) is 0 Å². The number of tetrazole rings is 1. The molecule has 35 heavy (non-hydrogen) atoms. The lowest BCUT2D eigenvalue weighted by Gasteiger charge is -2.19. The lowest BCUT2D eigenvalue weighted by Crippen LogP contribution is -2.25. The minimum Gasteiger partial charge on any atom is -0.487 e. The van der Waals surface area contributed by atoms with Crippen LogP contribution in [-0.2, 0) is 29.6 Å². The number of hydrogen-bond donors (Lipinski definition) is 0. The van der Waals surface area contributed by atoms with Gasteiger partial charge in [-0.3, -0.25) is 9.78 Å². The van der Waals surface area contributed by atoms with Crippen molar-refractivity contribution in [3.8, 4) is 17.7 Å². The van der Waals surface area contributed by atoms with Gasteiger partial charge in [0.05, 0.1) is 23.3 Å². The minimum atomic E-state index is -0.556. The third-order valence-electron chi connectivity index (χ3n) is 4.73. The predicted octanol–water partition coefficient (Wildman–Crippen LogP) is 2.97. The van der Waals surface area contributed by atoms with Crippen molar-refractivity contribution < 1.29 is 19.0 Å². The molecule has 4 aromatic rings. The van der Waals surface area contributed by atoms with Gasteiger partial charge in [-0.05, 0) is 55.5 Å². The lowest BCUT2D eigenvalue weighted by atomic mass is 10.2. The molecule has 11 heteroatoms. The smallest absolute Gasteiger partial charge is 0.312 e. The Bertz CT molecular complexity index is 1350. The highest BCUT2D eigenvalue weighted by Crippen LogP contribution is 2.31. The molecule has 0 fully saturated rings. The number of rotatable bonds is 9. The lowest BCUT2D eigenvalue weighted by molar-refractivity contribution is -0.154. The highest BCUT2D eigenvalue weighted by atomic mass is 16.6. The Kier molecular flexibility index (Phi) is 6.76. The Morgan fingerprint density at radius 1 is 1.09 bits per heavy atom. The van der Waals surface area contributed by atoms with E-state index in [4.69, 9.17) is 14.2 Å². The maximum Gasteiger partial charge on any atom is 0.312 e. The quantitative estimate of drug-likeness (QED) is 0.265. The van der Waals surface area contributed by atoms with Gasteiger partial charge in [-0.25, -0.2) is 9.25 Å². The minimum absolute atomic E-state index is 0.0677. The van der Waals surface area contributed by atoms with Crippen LogP contribution in [0.15, 0.2) is 49.1 Å². The monoisotopic (exact) mass is 477 g/mol. The molecule has 1 aromatic carbocycles. The summed E-state index contributed by atoms with van der Waals surface area (Å²) in [5, 5.41) is 11.8. The van der Waals surface area contributed by atoms with Crippen LogP contribution in [0.25, 0.3) is 17.0 Å². The van der Waals surface area contributed by atoms with Crippen molar-refractivity contribution in [2.75, 3.05) is 6.61 Å². The van der Waals surface area contributed by atoms with E-state index in [0.29, 0.717) is 40.7 Å². The number of carbonyl (C=O) groups is 1. The van der Waals surface area contributed by atoms with Gasteiger partial charge in [0, 0.05) is 7.05 Å². The van der Waals surface area contributed by atoms with Crippen LogP contribution in [0.4, 0.5) is 0 Å². The SMILES string of the molecule is C=CCOc1cccc2c1nc(OCc1cccc(CC(=O)OC(C)(C)C)n1)n2-c1nnnn1C. The number of para-hydroxylation sites is 1. The Hall–Kier alpha value is -4.28. The van der Waals surface area contributed by atoms with Crippen molar-refractivity contribution in [2.45, 2.75) is 39.4 Å². The average molecular weight is 478 g/mol. The Labute approximate surface area is 202 Å². The topological polar surface area (TPSA) is 119 Å². The molecule has 0 bridgehead atoms. The average Bonchev–Trinajstić information content (AvgIpc) is 3.37. The van der Waals surface area contributed by atoms with Crippen LogP contribution in [0.1, 0.15) is 32.2 Å². The van der Waals surface area contributed by atoms with E-state index < -0.39 is 5.60 Å². The molecular weight excluding hydrogens is 450 g/mol. The Balaban J connectivity index is 1.61. The second kappa shape index (κ2) is 9.92. The highest BCUT2D eigenvalue weighted by molar-refractivity contribution is 5.84. The zero-order chi connectivity index (χ0) is 25.0. The molecule has 0 radical (unpaired) electrons. The van der Waals surface area contributed by atoms with Gasteiger partial charge in [0.1, 0.15) is 30.1 Å². The normalized spacial score (nSPS) is 11.4. The van der Waals surface area contributed by atoms with Crippen LogP contribution >= 0.6 is 0 Å². The van der Waals surface area contributed by atoms with Gasteiger partial charge >= 0.3 is 12.0 Å². The van der Waals surface area contributed by atoms with Crippen LogP contribution in [-0.4, -0.2) is 52.9 Å². The van der Waals surface area contributed by atoms with Gasteiger partial charge in [-0.15, -0.1) is 0 Å². The number of ether oxygens (including phenoxy) is 3. The fourth-order valence-electron chi connectivity index (χ4n) is 3.39. The van der Waals surface area contributed by atoms with E-state index in [2.05, 4.69) is 32.1 Å². The highest BCUT2D eigenvalue weighted by Gasteiger charge is 2.21. The molecule has 0 unspecified atom stereocenters. The van der Waals surface area contributed by atoms with Crippen LogP contribution < -0.4 is 9.47 Å². The molecule has 0 aliphatic carbocycles. The van der Waals surface area contributed by atoms with E-state index in [1.54, 1.807) is 23.8 Å². The molecule has 4 rings (SSSR count). The third-order valence-corrected chi connectivity index (χ3v) is 4.73. The number of pyridine rings is 1. The summed E-state index contributed by atoms with van der Waals surface area (Å²) in [6.45, 7) is 9.63. The number of fused-ring (bicyclic) bond motifs is 1. The largest absolute Gasteiger partial charge is 0.487 e. The number of nitrogens with zero attached hydrogens (tertiary/aromatic N) is 7. The van der Waals surface area contributed by atoms with E-state index in [0.717, 1.165) is 0 Å². The molecule has 0 saturated heterocycles. The van der Waals surface area contributed by atoms with Crippen LogP contribution in [0, 0.1) is 0 Å². The summed E-state index contributed by atoms with van der Waals surface area (Å²) < 4.78 is 20.5. The zero-order valence-electron chi connectivity index (χ0n) is 20.1. The second-order valence-electron chi connectivity index (χ2n) is 8.73. The second-order valence-corrected chi connectivity index (χ2v) is 8.73. The molecule has 0 aliphatic rings. The van der Waals surface area contributed by atoms with Crippen LogP contribution in [0.5, 0.6) is 11.8 Å². The summed E-state index contributed by atoms with van der Waals surface area (Å²) in [5.41, 5.74) is 1.97. The summed E-state index contributed by atoms with van der Waals surface area (Å²) in [6.07, 6.45) is 1.73. The maximum absolute atomic E-state index is 12.2. The first-order valence-corrected chi connectivity index (χ1v) is 11.0. The van der Waals surface area contributed by atoms with Crippen molar-refractivity contribution in [3.63, 3.8) is 0 Å². The summed E-state index contributed by atoms with van der Waals surface area (Å²) in [4.78, 5) is 21.4. The molecule has 0 amide bonds. The van der Waals surface area contributed by atoms with E-state index in [1.165, 1.54) is 4.68 Å². The first kappa shape index (κ1) is 23.9. The molecular formula is C24H27N7O4. The molecule has 0 N–H and O–H groups in total. The first-order chi connectivity index (χ1) is 16.7. The standard InChI is InChI=1S/C24H27N7O4/c1-6-13-33-19-12-8-11-18-21(19)26-23(31(18)22-27-28-29-30(22)5)34-15-17-10-7-9-16(25-17)14-20(32)35-24(2,3)4/h6-12H,1,13-15H2,2-5H3. The molecule has 0 spiro atoms.